The standard InChI is InChI=1S/C48H32N2/c1-3-12-33-26-36(22-20-31(33)10-1)47-40-16-7-8-17-41(40)48(37-23-21-32-11-2-4-13-34(32)27-37)43-28-35(24-25-42(43)47)45-18-9-19-46(50-45)44-30-49-29-38-14-5-6-15-39(38)44/h1-28,30,49H,29H2. The second-order valence-corrected chi connectivity index (χ2v) is 13.2. The van der Waals surface area contributed by atoms with Gasteiger partial charge in [0.2, 0.25) is 0 Å². The lowest BCUT2D eigenvalue weighted by molar-refractivity contribution is 0.852. The van der Waals surface area contributed by atoms with Crippen LogP contribution in [-0.2, 0) is 6.54 Å². The molecule has 8 aromatic carbocycles. The highest BCUT2D eigenvalue weighted by atomic mass is 14.8. The summed E-state index contributed by atoms with van der Waals surface area (Å²) in [5.74, 6) is 0. The van der Waals surface area contributed by atoms with Gasteiger partial charge in [-0.1, -0.05) is 140 Å². The number of hydrogen-bond acceptors (Lipinski definition) is 2. The highest BCUT2D eigenvalue weighted by Gasteiger charge is 2.19. The summed E-state index contributed by atoms with van der Waals surface area (Å²) in [7, 11) is 0. The lowest BCUT2D eigenvalue weighted by Gasteiger charge is -2.20. The fourth-order valence-corrected chi connectivity index (χ4v) is 7.88. The van der Waals surface area contributed by atoms with E-state index in [0.717, 1.165) is 29.1 Å². The zero-order chi connectivity index (χ0) is 33.0. The van der Waals surface area contributed by atoms with Crippen molar-refractivity contribution in [3.05, 3.63) is 193 Å². The molecule has 0 unspecified atom stereocenters. The van der Waals surface area contributed by atoms with Gasteiger partial charge in [0.15, 0.2) is 0 Å². The summed E-state index contributed by atoms with van der Waals surface area (Å²) in [6.45, 7) is 0.828. The molecule has 1 aliphatic heterocycles. The molecule has 0 bridgehead atoms. The monoisotopic (exact) mass is 636 g/mol. The van der Waals surface area contributed by atoms with Crippen LogP contribution in [0, 0.1) is 0 Å². The van der Waals surface area contributed by atoms with E-state index in [9.17, 15) is 0 Å². The van der Waals surface area contributed by atoms with Gasteiger partial charge in [-0.15, -0.1) is 0 Å². The lowest BCUT2D eigenvalue weighted by Crippen LogP contribution is -2.14. The van der Waals surface area contributed by atoms with Gasteiger partial charge in [0, 0.05) is 23.9 Å². The predicted octanol–water partition coefficient (Wildman–Crippen LogP) is 12.2. The first-order chi connectivity index (χ1) is 24.8. The Morgan fingerprint density at radius 1 is 0.400 bits per heavy atom. The molecular formula is C48H32N2. The summed E-state index contributed by atoms with van der Waals surface area (Å²) in [5.41, 5.74) is 11.6. The second-order valence-electron chi connectivity index (χ2n) is 13.2. The molecule has 0 atom stereocenters. The van der Waals surface area contributed by atoms with Gasteiger partial charge in [-0.05, 0) is 107 Å². The van der Waals surface area contributed by atoms with Crippen molar-refractivity contribution in [2.45, 2.75) is 6.54 Å². The molecule has 1 aliphatic rings. The normalized spacial score (nSPS) is 12.6. The average molecular weight is 637 g/mol. The molecule has 234 valence electrons. The number of nitrogens with zero attached hydrogens (tertiary/aromatic N) is 1. The molecule has 0 radical (unpaired) electrons. The van der Waals surface area contributed by atoms with Crippen molar-refractivity contribution >= 4 is 48.7 Å². The molecule has 0 spiro atoms. The van der Waals surface area contributed by atoms with E-state index in [2.05, 4.69) is 181 Å². The zero-order valence-electron chi connectivity index (χ0n) is 27.4. The minimum Gasteiger partial charge on any atom is -0.386 e. The highest BCUT2D eigenvalue weighted by molar-refractivity contribution is 6.22. The summed E-state index contributed by atoms with van der Waals surface area (Å²) in [5, 5.41) is 13.4. The first kappa shape index (κ1) is 28.5. The maximum atomic E-state index is 5.28. The first-order valence-corrected chi connectivity index (χ1v) is 17.2. The van der Waals surface area contributed by atoms with Crippen LogP contribution in [0.1, 0.15) is 16.8 Å². The van der Waals surface area contributed by atoms with Crippen LogP contribution in [-0.4, -0.2) is 4.98 Å². The number of nitrogens with one attached hydrogen (secondary N) is 1. The van der Waals surface area contributed by atoms with Gasteiger partial charge in [-0.25, -0.2) is 4.98 Å². The minimum absolute atomic E-state index is 0.828. The van der Waals surface area contributed by atoms with Crippen LogP contribution < -0.4 is 5.32 Å². The summed E-state index contributed by atoms with van der Waals surface area (Å²) in [6.07, 6.45) is 2.11. The van der Waals surface area contributed by atoms with E-state index < -0.39 is 0 Å². The maximum absolute atomic E-state index is 5.28. The molecule has 1 aromatic heterocycles. The lowest BCUT2D eigenvalue weighted by atomic mass is 9.84. The van der Waals surface area contributed by atoms with Gasteiger partial charge in [0.25, 0.3) is 0 Å². The van der Waals surface area contributed by atoms with Crippen LogP contribution in [0.2, 0.25) is 0 Å². The Hall–Kier alpha value is -6.51. The molecule has 1 N–H and O–H groups in total. The Balaban J connectivity index is 1.24. The molecule has 10 rings (SSSR count). The SMILES string of the molecule is C1=C(c2cccc(-c3ccc4c(-c5ccc6ccccc6c5)c5ccccc5c(-c5ccc6ccccc6c5)c4c3)n2)c2ccccc2CN1. The van der Waals surface area contributed by atoms with E-state index in [4.69, 9.17) is 4.98 Å². The number of pyridine rings is 1. The van der Waals surface area contributed by atoms with Crippen molar-refractivity contribution in [2.24, 2.45) is 0 Å². The third-order valence-corrected chi connectivity index (χ3v) is 10.3. The number of hydrogen-bond donors (Lipinski definition) is 1. The summed E-state index contributed by atoms with van der Waals surface area (Å²) >= 11 is 0. The maximum Gasteiger partial charge on any atom is 0.0730 e. The Morgan fingerprint density at radius 2 is 0.960 bits per heavy atom. The average Bonchev–Trinajstić information content (AvgIpc) is 3.19. The molecule has 2 nitrogen and oxygen atoms in total. The van der Waals surface area contributed by atoms with E-state index in [0.29, 0.717) is 0 Å². The Morgan fingerprint density at radius 3 is 1.68 bits per heavy atom. The van der Waals surface area contributed by atoms with E-state index in [-0.39, 0.29) is 0 Å². The van der Waals surface area contributed by atoms with Crippen molar-refractivity contribution < 1.29 is 0 Å². The van der Waals surface area contributed by atoms with Crippen LogP contribution >= 0.6 is 0 Å². The minimum atomic E-state index is 0.828. The zero-order valence-corrected chi connectivity index (χ0v) is 27.4. The van der Waals surface area contributed by atoms with Crippen molar-refractivity contribution in [1.29, 1.82) is 0 Å². The van der Waals surface area contributed by atoms with Gasteiger partial charge < -0.3 is 5.32 Å². The van der Waals surface area contributed by atoms with Crippen molar-refractivity contribution in [3.8, 4) is 33.5 Å². The summed E-state index contributed by atoms with van der Waals surface area (Å²) in [6, 6.07) is 61.8. The van der Waals surface area contributed by atoms with Crippen molar-refractivity contribution in [3.63, 3.8) is 0 Å². The van der Waals surface area contributed by atoms with E-state index in [1.807, 2.05) is 0 Å². The number of rotatable bonds is 4. The molecule has 2 heteroatoms. The molecule has 0 saturated carbocycles. The second kappa shape index (κ2) is 11.6. The predicted molar refractivity (Wildman–Crippen MR) is 211 cm³/mol. The van der Waals surface area contributed by atoms with E-state index in [1.165, 1.54) is 76.5 Å². The molecule has 50 heavy (non-hydrogen) atoms. The molecule has 0 saturated heterocycles. The summed E-state index contributed by atoms with van der Waals surface area (Å²) in [4.78, 5) is 5.28. The molecule has 2 heterocycles. The van der Waals surface area contributed by atoms with Crippen LogP contribution in [0.5, 0.6) is 0 Å². The molecule has 0 fully saturated rings. The van der Waals surface area contributed by atoms with Crippen LogP contribution in [0.15, 0.2) is 176 Å². The molecule has 9 aromatic rings. The Bertz CT molecular complexity index is 2830. The van der Waals surface area contributed by atoms with E-state index >= 15 is 0 Å². The Kier molecular flexibility index (Phi) is 6.60. The molecular weight excluding hydrogens is 605 g/mol. The van der Waals surface area contributed by atoms with Gasteiger partial charge >= 0.3 is 0 Å². The fraction of sp³-hybridized carbons (Fsp3) is 0.0208. The van der Waals surface area contributed by atoms with Crippen LogP contribution in [0.25, 0.3) is 82.2 Å². The highest BCUT2D eigenvalue weighted by Crippen LogP contribution is 2.45. The van der Waals surface area contributed by atoms with Crippen molar-refractivity contribution in [2.75, 3.05) is 0 Å². The third kappa shape index (κ3) is 4.69. The van der Waals surface area contributed by atoms with E-state index in [1.54, 1.807) is 0 Å². The largest absolute Gasteiger partial charge is 0.386 e. The van der Waals surface area contributed by atoms with Crippen LogP contribution in [0.4, 0.5) is 0 Å². The third-order valence-electron chi connectivity index (χ3n) is 10.3. The number of aromatic nitrogens is 1. The number of fused-ring (bicyclic) bond motifs is 5. The van der Waals surface area contributed by atoms with Crippen molar-refractivity contribution in [1.82, 2.24) is 10.3 Å². The smallest absolute Gasteiger partial charge is 0.0730 e. The van der Waals surface area contributed by atoms with Gasteiger partial charge in [-0.3, -0.25) is 0 Å². The molecule has 0 amide bonds. The number of benzene rings is 8. The Labute approximate surface area is 291 Å². The van der Waals surface area contributed by atoms with Gasteiger partial charge in [0.05, 0.1) is 11.4 Å². The topological polar surface area (TPSA) is 24.9 Å². The van der Waals surface area contributed by atoms with Gasteiger partial charge in [0.1, 0.15) is 0 Å². The summed E-state index contributed by atoms with van der Waals surface area (Å²) < 4.78 is 0. The quantitative estimate of drug-likeness (QED) is 0.194. The van der Waals surface area contributed by atoms with Gasteiger partial charge in [-0.2, -0.15) is 0 Å². The fourth-order valence-electron chi connectivity index (χ4n) is 7.88. The molecule has 0 aliphatic carbocycles. The van der Waals surface area contributed by atoms with Crippen LogP contribution in [0.3, 0.4) is 0 Å². The first-order valence-electron chi connectivity index (χ1n) is 17.2.